The lowest BCUT2D eigenvalue weighted by Crippen LogP contribution is -2.67. The Morgan fingerprint density at radius 1 is 1.03 bits per heavy atom. The standard InChI is InChI=1S/C25H29FN4O3S/c1-28-15-24(27-17-28)34(32,33)29-12-2-3-13-30-22(14-29)25(23(30)16-31)20-6-4-18(5-7-20)19-8-10-21(26)11-9-19/h4-11,15,17,22-23,25,31H,2-3,12-14,16H2,1H3/t22-,23-,25-/m1/s1. The zero-order valence-electron chi connectivity index (χ0n) is 19.1. The van der Waals surface area contributed by atoms with E-state index < -0.39 is 10.0 Å². The molecular weight excluding hydrogens is 455 g/mol. The third kappa shape index (κ3) is 4.17. The van der Waals surface area contributed by atoms with Crippen molar-refractivity contribution in [3.8, 4) is 11.1 Å². The fourth-order valence-electron chi connectivity index (χ4n) is 5.32. The van der Waals surface area contributed by atoms with Crippen molar-refractivity contribution in [1.29, 1.82) is 0 Å². The summed E-state index contributed by atoms with van der Waals surface area (Å²) in [6.45, 7) is 1.69. The van der Waals surface area contributed by atoms with Crippen molar-refractivity contribution in [3.05, 3.63) is 72.4 Å². The summed E-state index contributed by atoms with van der Waals surface area (Å²) < 4.78 is 43.1. The van der Waals surface area contributed by atoms with Gasteiger partial charge in [0.25, 0.3) is 10.0 Å². The predicted molar refractivity (Wildman–Crippen MR) is 127 cm³/mol. The second-order valence-corrected chi connectivity index (χ2v) is 11.0. The van der Waals surface area contributed by atoms with Crippen molar-refractivity contribution < 1.29 is 17.9 Å². The molecule has 7 nitrogen and oxygen atoms in total. The Hall–Kier alpha value is -2.59. The number of fused-ring (bicyclic) bond motifs is 1. The molecule has 3 aromatic rings. The van der Waals surface area contributed by atoms with Crippen LogP contribution >= 0.6 is 0 Å². The highest BCUT2D eigenvalue weighted by molar-refractivity contribution is 7.89. The summed E-state index contributed by atoms with van der Waals surface area (Å²) in [6, 6.07) is 14.4. The van der Waals surface area contributed by atoms with Crippen LogP contribution in [0.4, 0.5) is 4.39 Å². The number of rotatable bonds is 5. The topological polar surface area (TPSA) is 78.7 Å². The maximum Gasteiger partial charge on any atom is 0.262 e. The zero-order chi connectivity index (χ0) is 23.9. The predicted octanol–water partition coefficient (Wildman–Crippen LogP) is 2.84. The third-order valence-corrected chi connectivity index (χ3v) is 8.84. The van der Waals surface area contributed by atoms with E-state index in [0.717, 1.165) is 36.1 Å². The van der Waals surface area contributed by atoms with E-state index in [1.165, 1.54) is 24.7 Å². The first kappa shape index (κ1) is 23.2. The molecule has 34 heavy (non-hydrogen) atoms. The molecule has 1 aromatic heterocycles. The van der Waals surface area contributed by atoms with Gasteiger partial charge in [-0.3, -0.25) is 4.90 Å². The van der Waals surface area contributed by atoms with Gasteiger partial charge in [-0.2, -0.15) is 4.31 Å². The average Bonchev–Trinajstić information content (AvgIpc) is 3.26. The summed E-state index contributed by atoms with van der Waals surface area (Å²) in [6.07, 6.45) is 4.68. The first-order valence-electron chi connectivity index (χ1n) is 11.6. The van der Waals surface area contributed by atoms with E-state index in [2.05, 4.69) is 9.88 Å². The number of imidazole rings is 1. The molecule has 9 heteroatoms. The van der Waals surface area contributed by atoms with Gasteiger partial charge < -0.3 is 9.67 Å². The minimum Gasteiger partial charge on any atom is -0.395 e. The molecule has 3 heterocycles. The molecule has 0 bridgehead atoms. The molecule has 0 aliphatic carbocycles. The van der Waals surface area contributed by atoms with Crippen molar-refractivity contribution in [2.75, 3.05) is 26.2 Å². The Morgan fingerprint density at radius 2 is 1.68 bits per heavy atom. The fourth-order valence-corrected chi connectivity index (χ4v) is 6.78. The molecule has 3 atom stereocenters. The first-order valence-corrected chi connectivity index (χ1v) is 13.0. The van der Waals surface area contributed by atoms with Crippen molar-refractivity contribution in [2.24, 2.45) is 7.05 Å². The molecule has 2 aromatic carbocycles. The van der Waals surface area contributed by atoms with Gasteiger partial charge in [0.15, 0.2) is 5.03 Å². The molecule has 180 valence electrons. The second kappa shape index (κ2) is 9.22. The second-order valence-electron chi connectivity index (χ2n) is 9.16. The number of aromatic nitrogens is 2. The molecule has 2 aliphatic rings. The number of hydrogen-bond donors (Lipinski definition) is 1. The maximum absolute atomic E-state index is 13.3. The molecule has 0 radical (unpaired) electrons. The van der Waals surface area contributed by atoms with Gasteiger partial charge in [0.1, 0.15) is 5.82 Å². The van der Waals surface area contributed by atoms with Gasteiger partial charge in [0.2, 0.25) is 0 Å². The molecule has 0 amide bonds. The number of aliphatic hydroxyl groups is 1. The molecule has 0 unspecified atom stereocenters. The van der Waals surface area contributed by atoms with Crippen LogP contribution in [0.15, 0.2) is 66.1 Å². The van der Waals surface area contributed by atoms with Crippen molar-refractivity contribution in [2.45, 2.75) is 35.9 Å². The third-order valence-electron chi connectivity index (χ3n) is 7.09. The summed E-state index contributed by atoms with van der Waals surface area (Å²) >= 11 is 0. The summed E-state index contributed by atoms with van der Waals surface area (Å²) in [5, 5.41) is 10.2. The normalized spacial score (nSPS) is 24.1. The molecule has 1 N–H and O–H groups in total. The number of aliphatic hydroxyl groups excluding tert-OH is 1. The van der Waals surface area contributed by atoms with Gasteiger partial charge in [0, 0.05) is 44.3 Å². The summed E-state index contributed by atoms with van der Waals surface area (Å²) in [5.74, 6) is -0.248. The maximum atomic E-state index is 13.3. The number of aryl methyl sites for hydroxylation is 1. The average molecular weight is 485 g/mol. The summed E-state index contributed by atoms with van der Waals surface area (Å²) in [7, 11) is -1.94. The van der Waals surface area contributed by atoms with Crippen LogP contribution < -0.4 is 0 Å². The number of sulfonamides is 1. The van der Waals surface area contributed by atoms with Gasteiger partial charge >= 0.3 is 0 Å². The Kier molecular flexibility index (Phi) is 6.28. The Morgan fingerprint density at radius 3 is 2.29 bits per heavy atom. The molecule has 0 saturated carbocycles. The van der Waals surface area contributed by atoms with E-state index in [1.807, 2.05) is 24.3 Å². The molecular formula is C25H29FN4O3S. The lowest BCUT2D eigenvalue weighted by Gasteiger charge is -2.57. The van der Waals surface area contributed by atoms with E-state index >= 15 is 0 Å². The molecule has 2 fully saturated rings. The highest BCUT2D eigenvalue weighted by atomic mass is 32.2. The quantitative estimate of drug-likeness (QED) is 0.603. The molecule has 5 rings (SSSR count). The first-order chi connectivity index (χ1) is 16.4. The van der Waals surface area contributed by atoms with Crippen LogP contribution in [0.1, 0.15) is 24.3 Å². The van der Waals surface area contributed by atoms with Crippen LogP contribution in [0.25, 0.3) is 11.1 Å². The number of hydrogen-bond acceptors (Lipinski definition) is 5. The van der Waals surface area contributed by atoms with E-state index in [9.17, 15) is 17.9 Å². The van der Waals surface area contributed by atoms with Crippen LogP contribution in [0.5, 0.6) is 0 Å². The highest BCUT2D eigenvalue weighted by Crippen LogP contribution is 2.42. The molecule has 2 aliphatic heterocycles. The smallest absolute Gasteiger partial charge is 0.262 e. The van der Waals surface area contributed by atoms with Crippen LogP contribution in [-0.4, -0.2) is 70.6 Å². The monoisotopic (exact) mass is 484 g/mol. The van der Waals surface area contributed by atoms with Crippen LogP contribution in [0.3, 0.4) is 0 Å². The van der Waals surface area contributed by atoms with Crippen LogP contribution in [0, 0.1) is 5.82 Å². The SMILES string of the molecule is Cn1cnc(S(=O)(=O)N2CCCCN3[C@H](CO)[C@H](c4ccc(-c5ccc(F)cc5)cc4)[C@H]3C2)c1. The minimum atomic E-state index is -3.70. The zero-order valence-corrected chi connectivity index (χ0v) is 19.9. The van der Waals surface area contributed by atoms with Gasteiger partial charge in [-0.05, 0) is 48.2 Å². The van der Waals surface area contributed by atoms with Gasteiger partial charge in [-0.15, -0.1) is 0 Å². The van der Waals surface area contributed by atoms with E-state index in [-0.39, 0.29) is 35.5 Å². The van der Waals surface area contributed by atoms with Gasteiger partial charge in [-0.25, -0.2) is 17.8 Å². The van der Waals surface area contributed by atoms with E-state index in [1.54, 1.807) is 28.1 Å². The number of benzene rings is 2. The summed E-state index contributed by atoms with van der Waals surface area (Å²) in [5.41, 5.74) is 2.99. The fraction of sp³-hybridized carbons (Fsp3) is 0.400. The largest absolute Gasteiger partial charge is 0.395 e. The van der Waals surface area contributed by atoms with Crippen LogP contribution in [0.2, 0.25) is 0 Å². The van der Waals surface area contributed by atoms with Crippen molar-refractivity contribution >= 4 is 10.0 Å². The van der Waals surface area contributed by atoms with Gasteiger partial charge in [0.05, 0.1) is 12.9 Å². The van der Waals surface area contributed by atoms with Crippen LogP contribution in [-0.2, 0) is 17.1 Å². The van der Waals surface area contributed by atoms with E-state index in [4.69, 9.17) is 0 Å². The minimum absolute atomic E-state index is 0.0202. The lowest BCUT2D eigenvalue weighted by molar-refractivity contribution is -0.0554. The highest BCUT2D eigenvalue weighted by Gasteiger charge is 2.50. The molecule has 0 spiro atoms. The van der Waals surface area contributed by atoms with E-state index in [0.29, 0.717) is 13.1 Å². The van der Waals surface area contributed by atoms with Crippen molar-refractivity contribution in [3.63, 3.8) is 0 Å². The number of halogens is 1. The molecule has 2 saturated heterocycles. The Bertz CT molecular complexity index is 1240. The summed E-state index contributed by atoms with van der Waals surface area (Å²) in [4.78, 5) is 6.34. The van der Waals surface area contributed by atoms with Gasteiger partial charge in [-0.1, -0.05) is 36.4 Å². The number of nitrogens with zero attached hydrogens (tertiary/aromatic N) is 4. The Labute approximate surface area is 199 Å². The Balaban J connectivity index is 1.41. The van der Waals surface area contributed by atoms with Crippen molar-refractivity contribution in [1.82, 2.24) is 18.8 Å². The lowest BCUT2D eigenvalue weighted by atomic mass is 9.74.